The number of aliphatic carboxylic acids is 1. The number of hydrogen-bond acceptors (Lipinski definition) is 13. The molecule has 0 radical (unpaired) electrons. The van der Waals surface area contributed by atoms with Crippen molar-refractivity contribution in [2.75, 3.05) is 12.8 Å². The van der Waals surface area contributed by atoms with Crippen LogP contribution in [0.15, 0.2) is 10.5 Å². The number of ether oxygens (including phenoxy) is 1. The minimum Gasteiger partial charge on any atom is -0.544 e. The van der Waals surface area contributed by atoms with Crippen molar-refractivity contribution in [2.45, 2.75) is 30.7 Å². The van der Waals surface area contributed by atoms with Gasteiger partial charge in [0.1, 0.15) is 24.8 Å². The number of carbonyl (C=O) groups excluding carboxylic acids is 5. The van der Waals surface area contributed by atoms with Crippen molar-refractivity contribution in [1.29, 1.82) is 0 Å². The third-order valence-corrected chi connectivity index (χ3v) is 4.99. The van der Waals surface area contributed by atoms with Crippen LogP contribution in [0.5, 0.6) is 0 Å². The predicted octanol–water partition coefficient (Wildman–Crippen LogP) is -7.02. The summed E-state index contributed by atoms with van der Waals surface area (Å²) in [6, 6.07) is -1.78. The molecule has 2 saturated heterocycles. The van der Waals surface area contributed by atoms with E-state index in [0.29, 0.717) is 0 Å². The molecule has 0 saturated carbocycles. The molecule has 1 aromatic heterocycles. The van der Waals surface area contributed by atoms with Gasteiger partial charge in [0.2, 0.25) is 0 Å². The summed E-state index contributed by atoms with van der Waals surface area (Å²) in [6.07, 6.45) is -2.67. The normalized spacial score (nSPS) is 25.2. The number of rotatable bonds is 7. The minimum absolute atomic E-state index is 0. The van der Waals surface area contributed by atoms with E-state index in [1.807, 2.05) is 0 Å². The summed E-state index contributed by atoms with van der Waals surface area (Å²) in [4.78, 5) is 74.2. The molecule has 15 nitrogen and oxygen atoms in total. The molecule has 2 aliphatic heterocycles. The van der Waals surface area contributed by atoms with Crippen LogP contribution in [-0.2, 0) is 38.4 Å². The van der Waals surface area contributed by atoms with E-state index in [2.05, 4.69) is 20.3 Å². The van der Waals surface area contributed by atoms with Gasteiger partial charge >= 0.3 is 35.5 Å². The molecule has 5 N–H and O–H groups in total. The third kappa shape index (κ3) is 4.53. The van der Waals surface area contributed by atoms with Crippen LogP contribution in [0.1, 0.15) is 18.5 Å². The first-order chi connectivity index (χ1) is 14.6. The van der Waals surface area contributed by atoms with Crippen molar-refractivity contribution in [1.82, 2.24) is 15.4 Å². The number of anilines is 1. The van der Waals surface area contributed by atoms with Gasteiger partial charge in [-0.25, -0.2) is 4.98 Å². The number of aromatic nitrogens is 1. The van der Waals surface area contributed by atoms with Crippen molar-refractivity contribution in [2.24, 2.45) is 10.9 Å². The van der Waals surface area contributed by atoms with Crippen LogP contribution in [-0.4, -0.2) is 70.4 Å². The van der Waals surface area contributed by atoms with Gasteiger partial charge in [-0.05, 0) is 0 Å². The molecule has 0 aliphatic carbocycles. The number of thiazole rings is 1. The Morgan fingerprint density at radius 1 is 1.44 bits per heavy atom. The SMILES string of the molecule is CO/N=C(\C(=O)NC1C(=O)N(C2(C(=O)[O-])CCC(=O)O2)OC1C(N)=O)c1csc(N)n1.[Na+]. The van der Waals surface area contributed by atoms with Crippen molar-refractivity contribution in [3.63, 3.8) is 0 Å². The first-order valence-electron chi connectivity index (χ1n) is 8.47. The smallest absolute Gasteiger partial charge is 0.544 e. The van der Waals surface area contributed by atoms with Crippen LogP contribution < -0.4 is 51.4 Å². The molecule has 0 bridgehead atoms. The number of nitrogens with zero attached hydrogens (tertiary/aromatic N) is 3. The van der Waals surface area contributed by atoms with E-state index in [1.54, 1.807) is 0 Å². The maximum Gasteiger partial charge on any atom is 1.00 e. The number of hydrogen-bond donors (Lipinski definition) is 3. The number of nitrogens with one attached hydrogen (secondary N) is 1. The molecule has 2 fully saturated rings. The van der Waals surface area contributed by atoms with Gasteiger partial charge in [-0.3, -0.25) is 24.0 Å². The topological polar surface area (TPSA) is 229 Å². The molecule has 166 valence electrons. The molecule has 0 spiro atoms. The number of carbonyl (C=O) groups is 5. The number of nitrogen functional groups attached to an aromatic ring is 1. The van der Waals surface area contributed by atoms with Crippen LogP contribution in [0, 0.1) is 0 Å². The zero-order valence-corrected chi connectivity index (χ0v) is 19.5. The van der Waals surface area contributed by atoms with Crippen molar-refractivity contribution < 1.29 is 73.0 Å². The van der Waals surface area contributed by atoms with Crippen molar-refractivity contribution in [3.05, 3.63) is 11.1 Å². The summed E-state index contributed by atoms with van der Waals surface area (Å²) in [5.74, 6) is -6.35. The van der Waals surface area contributed by atoms with Crippen LogP contribution in [0.3, 0.4) is 0 Å². The Labute approximate surface area is 205 Å². The maximum absolute atomic E-state index is 12.9. The van der Waals surface area contributed by atoms with E-state index in [0.717, 1.165) is 18.4 Å². The second kappa shape index (κ2) is 9.78. The van der Waals surface area contributed by atoms with Gasteiger partial charge in [0.25, 0.3) is 23.4 Å². The van der Waals surface area contributed by atoms with E-state index in [-0.39, 0.29) is 51.9 Å². The molecule has 17 heteroatoms. The maximum atomic E-state index is 12.9. The number of oxime groups is 1. The summed E-state index contributed by atoms with van der Waals surface area (Å²) in [5, 5.41) is 19.1. The van der Waals surface area contributed by atoms with Gasteiger partial charge in [0.15, 0.2) is 16.9 Å². The number of primary amides is 1. The van der Waals surface area contributed by atoms with Crippen LogP contribution in [0.4, 0.5) is 5.13 Å². The Kier molecular flexibility index (Phi) is 7.79. The molecule has 1 aromatic rings. The Morgan fingerprint density at radius 3 is 2.59 bits per heavy atom. The second-order valence-electron chi connectivity index (χ2n) is 6.25. The molecular weight excluding hydrogens is 463 g/mol. The number of hydroxylamine groups is 2. The molecular formula is C15H15N6NaO9S. The fraction of sp³-hybridized carbons (Fsp3) is 0.400. The average Bonchev–Trinajstić information content (AvgIpc) is 3.38. The second-order valence-corrected chi connectivity index (χ2v) is 7.14. The van der Waals surface area contributed by atoms with Gasteiger partial charge in [0.05, 0.1) is 6.42 Å². The molecule has 3 atom stereocenters. The Hall–Kier alpha value is -2.79. The third-order valence-electron chi connectivity index (χ3n) is 4.31. The van der Waals surface area contributed by atoms with Gasteiger partial charge in [-0.2, -0.15) is 5.06 Å². The molecule has 2 aliphatic rings. The zero-order valence-electron chi connectivity index (χ0n) is 16.7. The Bertz CT molecular complexity index is 1000. The van der Waals surface area contributed by atoms with Crippen LogP contribution in [0.25, 0.3) is 0 Å². The number of carboxylic acids is 1. The summed E-state index contributed by atoms with van der Waals surface area (Å²) >= 11 is 1.00. The molecule has 3 heterocycles. The number of nitrogens with two attached hydrogens (primary N) is 2. The van der Waals surface area contributed by atoms with E-state index < -0.39 is 59.7 Å². The quantitative estimate of drug-likeness (QED) is 0.144. The van der Waals surface area contributed by atoms with E-state index in [9.17, 15) is 29.1 Å². The Balaban J connectivity index is 0.00000363. The number of amides is 3. The van der Waals surface area contributed by atoms with Gasteiger partial charge in [-0.15, -0.1) is 11.3 Å². The number of esters is 1. The van der Waals surface area contributed by atoms with Crippen molar-refractivity contribution >= 4 is 51.8 Å². The summed E-state index contributed by atoms with van der Waals surface area (Å²) in [5.41, 5.74) is 7.77. The molecule has 3 unspecified atom stereocenters. The predicted molar refractivity (Wildman–Crippen MR) is 96.0 cm³/mol. The first-order valence-corrected chi connectivity index (χ1v) is 9.35. The van der Waals surface area contributed by atoms with E-state index in [4.69, 9.17) is 21.0 Å². The summed E-state index contributed by atoms with van der Waals surface area (Å²) in [6.45, 7) is 0. The number of cyclic esters (lactones) is 1. The summed E-state index contributed by atoms with van der Waals surface area (Å²) < 4.78 is 4.75. The Morgan fingerprint density at radius 2 is 2.12 bits per heavy atom. The van der Waals surface area contributed by atoms with Gasteiger partial charge < -0.3 is 36.3 Å². The number of carboxylic acid groups (broad SMARTS) is 1. The van der Waals surface area contributed by atoms with Crippen molar-refractivity contribution in [3.8, 4) is 0 Å². The minimum atomic E-state index is -2.62. The molecule has 3 rings (SSSR count). The largest absolute Gasteiger partial charge is 1.00 e. The molecule has 0 aromatic carbocycles. The van der Waals surface area contributed by atoms with Crippen LogP contribution in [0.2, 0.25) is 0 Å². The van der Waals surface area contributed by atoms with Crippen LogP contribution >= 0.6 is 11.3 Å². The fourth-order valence-corrected chi connectivity index (χ4v) is 3.48. The standard InChI is InChI=1S/C15H16N6O9S.Na/c1-28-20-7(5-4-31-14(17)18-5)11(24)19-8-9(10(16)23)30-21(12(8)25)15(13(26)27)3-2-6(22)29-15;/h4,8-9H,2-3H2,1H3,(H2,16,23)(H2,17,18)(H,19,24)(H,26,27);/q;+1/p-1/b20-7-;. The van der Waals surface area contributed by atoms with Gasteiger partial charge in [-0.1, -0.05) is 5.16 Å². The molecule has 3 amide bonds. The summed E-state index contributed by atoms with van der Waals surface area (Å²) in [7, 11) is 1.15. The first kappa shape index (κ1) is 25.5. The fourth-order valence-electron chi connectivity index (χ4n) is 2.93. The zero-order chi connectivity index (χ0) is 22.9. The average molecular weight is 478 g/mol. The van der Waals surface area contributed by atoms with Gasteiger partial charge in [0, 0.05) is 11.8 Å². The monoisotopic (exact) mass is 478 g/mol. The van der Waals surface area contributed by atoms with E-state index in [1.165, 1.54) is 5.38 Å². The molecule has 32 heavy (non-hydrogen) atoms. The van der Waals surface area contributed by atoms with E-state index >= 15 is 0 Å².